The monoisotopic (exact) mass is 316 g/mol. The molecule has 0 radical (unpaired) electrons. The van der Waals surface area contributed by atoms with Crippen LogP contribution in [0.3, 0.4) is 0 Å². The number of hydrogen-bond donors (Lipinski definition) is 2. The first-order valence-corrected chi connectivity index (χ1v) is 9.60. The lowest BCUT2D eigenvalue weighted by molar-refractivity contribution is -0.0209. The second kappa shape index (κ2) is 5.34. The molecule has 3 fully saturated rings. The molecule has 3 unspecified atom stereocenters. The molecule has 4 aliphatic carbocycles. The summed E-state index contributed by atoms with van der Waals surface area (Å²) in [6.45, 7) is 4.98. The van der Waals surface area contributed by atoms with Gasteiger partial charge in [0.25, 0.3) is 0 Å². The highest BCUT2D eigenvalue weighted by atomic mass is 16.3. The van der Waals surface area contributed by atoms with Crippen LogP contribution < -0.4 is 5.43 Å². The topological polar surface area (TPSA) is 44.6 Å². The molecule has 3 heteroatoms. The SMILES string of the molecule is CN/N=C1/CCC2C3CC=C4C[C@@H](O)CC[C@]4(C)C3CC[C@]12C. The van der Waals surface area contributed by atoms with E-state index in [1.54, 1.807) is 5.57 Å². The lowest BCUT2D eigenvalue weighted by Gasteiger charge is -2.57. The largest absolute Gasteiger partial charge is 0.393 e. The normalized spacial score (nSPS) is 50.8. The molecule has 0 aliphatic heterocycles. The Balaban J connectivity index is 1.66. The minimum absolute atomic E-state index is 0.0967. The highest BCUT2D eigenvalue weighted by Crippen LogP contribution is 2.64. The highest BCUT2D eigenvalue weighted by Gasteiger charge is 2.57. The third-order valence-corrected chi connectivity index (χ3v) is 8.07. The van der Waals surface area contributed by atoms with Crippen LogP contribution in [-0.2, 0) is 0 Å². The predicted octanol–water partition coefficient (Wildman–Crippen LogP) is 3.89. The maximum absolute atomic E-state index is 10.1. The van der Waals surface area contributed by atoms with Crippen LogP contribution in [0, 0.1) is 28.6 Å². The van der Waals surface area contributed by atoms with Gasteiger partial charge in [-0.05, 0) is 74.5 Å². The summed E-state index contributed by atoms with van der Waals surface area (Å²) in [7, 11) is 1.93. The van der Waals surface area contributed by atoms with Gasteiger partial charge in [0.1, 0.15) is 0 Å². The van der Waals surface area contributed by atoms with Crippen molar-refractivity contribution in [2.75, 3.05) is 7.05 Å². The van der Waals surface area contributed by atoms with E-state index < -0.39 is 0 Å². The Hall–Kier alpha value is -0.830. The van der Waals surface area contributed by atoms with Crippen LogP contribution in [0.5, 0.6) is 0 Å². The number of aliphatic hydroxyl groups excluding tert-OH is 1. The molecular formula is C20H32N2O. The van der Waals surface area contributed by atoms with E-state index in [2.05, 4.69) is 30.5 Å². The lowest BCUT2D eigenvalue weighted by atomic mass is 9.48. The Kier molecular flexibility index (Phi) is 3.64. The molecular weight excluding hydrogens is 284 g/mol. The van der Waals surface area contributed by atoms with Crippen LogP contribution in [0.25, 0.3) is 0 Å². The summed E-state index contributed by atoms with van der Waals surface area (Å²) >= 11 is 0. The molecule has 4 rings (SSSR count). The van der Waals surface area contributed by atoms with Gasteiger partial charge in [-0.3, -0.25) is 0 Å². The van der Waals surface area contributed by atoms with Crippen molar-refractivity contribution in [1.29, 1.82) is 0 Å². The van der Waals surface area contributed by atoms with Crippen LogP contribution in [0.2, 0.25) is 0 Å². The average Bonchev–Trinajstić information content (AvgIpc) is 2.85. The van der Waals surface area contributed by atoms with Crippen LogP contribution >= 0.6 is 0 Å². The number of nitrogens with one attached hydrogen (secondary N) is 1. The van der Waals surface area contributed by atoms with Gasteiger partial charge in [-0.15, -0.1) is 0 Å². The van der Waals surface area contributed by atoms with E-state index in [9.17, 15) is 5.11 Å². The number of aliphatic hydroxyl groups is 1. The smallest absolute Gasteiger partial charge is 0.0577 e. The Morgan fingerprint density at radius 3 is 2.65 bits per heavy atom. The minimum Gasteiger partial charge on any atom is -0.393 e. The maximum atomic E-state index is 10.1. The summed E-state index contributed by atoms with van der Waals surface area (Å²) in [6.07, 6.45) is 11.9. The van der Waals surface area contributed by atoms with Crippen molar-refractivity contribution in [3.63, 3.8) is 0 Å². The molecule has 0 aromatic carbocycles. The number of hydrogen-bond acceptors (Lipinski definition) is 3. The third kappa shape index (κ3) is 2.15. The Bertz CT molecular complexity index is 554. The van der Waals surface area contributed by atoms with E-state index in [0.29, 0.717) is 10.8 Å². The highest BCUT2D eigenvalue weighted by molar-refractivity contribution is 5.92. The van der Waals surface area contributed by atoms with Crippen LogP contribution in [-0.4, -0.2) is 24.0 Å². The first kappa shape index (κ1) is 15.7. The Morgan fingerprint density at radius 1 is 1.13 bits per heavy atom. The second-order valence-electron chi connectivity index (χ2n) is 8.93. The van der Waals surface area contributed by atoms with E-state index in [1.807, 2.05) is 7.05 Å². The van der Waals surface area contributed by atoms with Gasteiger partial charge in [-0.1, -0.05) is 25.5 Å². The molecule has 0 heterocycles. The van der Waals surface area contributed by atoms with Crippen LogP contribution in [0.1, 0.15) is 65.2 Å². The van der Waals surface area contributed by atoms with Crippen molar-refractivity contribution in [2.24, 2.45) is 33.7 Å². The number of fused-ring (bicyclic) bond motifs is 5. The number of rotatable bonds is 1. The van der Waals surface area contributed by atoms with E-state index in [-0.39, 0.29) is 6.10 Å². The lowest BCUT2D eigenvalue weighted by Crippen LogP contribution is -2.50. The van der Waals surface area contributed by atoms with Gasteiger partial charge >= 0.3 is 0 Å². The Morgan fingerprint density at radius 2 is 1.87 bits per heavy atom. The summed E-state index contributed by atoms with van der Waals surface area (Å²) in [4.78, 5) is 0. The molecule has 3 saturated carbocycles. The fourth-order valence-corrected chi connectivity index (χ4v) is 6.75. The molecule has 0 amide bonds. The van der Waals surface area contributed by atoms with Gasteiger partial charge in [-0.25, -0.2) is 0 Å². The standard InChI is InChI=1S/C20H32N2O/c1-19-10-8-14(23)12-13(19)4-5-15-16-6-7-18(22-21-3)20(16,2)11-9-17(15)19/h4,14-17,21,23H,5-12H2,1-3H3/b22-18-/t14-,15?,16?,17?,19-,20-/m0/s1. The van der Waals surface area contributed by atoms with Crippen molar-refractivity contribution in [1.82, 2.24) is 5.43 Å². The zero-order valence-electron chi connectivity index (χ0n) is 14.9. The first-order chi connectivity index (χ1) is 11.0. The summed E-state index contributed by atoms with van der Waals surface area (Å²) in [6, 6.07) is 0. The molecule has 0 aromatic rings. The molecule has 4 aliphatic rings. The van der Waals surface area contributed by atoms with E-state index in [4.69, 9.17) is 0 Å². The molecule has 6 atom stereocenters. The van der Waals surface area contributed by atoms with Gasteiger partial charge in [0.2, 0.25) is 0 Å². The van der Waals surface area contributed by atoms with Crippen molar-refractivity contribution in [2.45, 2.75) is 71.3 Å². The zero-order chi connectivity index (χ0) is 16.2. The molecule has 3 nitrogen and oxygen atoms in total. The fraction of sp³-hybridized carbons (Fsp3) is 0.850. The number of hydrazone groups is 1. The third-order valence-electron chi connectivity index (χ3n) is 8.07. The van der Waals surface area contributed by atoms with E-state index >= 15 is 0 Å². The van der Waals surface area contributed by atoms with E-state index in [0.717, 1.165) is 30.6 Å². The molecule has 0 bridgehead atoms. The van der Waals surface area contributed by atoms with Crippen molar-refractivity contribution in [3.8, 4) is 0 Å². The molecule has 0 saturated heterocycles. The van der Waals surface area contributed by atoms with Gasteiger partial charge in [0, 0.05) is 18.2 Å². The first-order valence-electron chi connectivity index (χ1n) is 9.60. The van der Waals surface area contributed by atoms with Gasteiger partial charge in [0.05, 0.1) is 6.10 Å². The molecule has 128 valence electrons. The zero-order valence-corrected chi connectivity index (χ0v) is 14.9. The maximum Gasteiger partial charge on any atom is 0.0577 e. The van der Waals surface area contributed by atoms with Crippen LogP contribution in [0.4, 0.5) is 0 Å². The number of allylic oxidation sites excluding steroid dienone is 1. The van der Waals surface area contributed by atoms with Crippen LogP contribution in [0.15, 0.2) is 16.8 Å². The molecule has 0 spiro atoms. The van der Waals surface area contributed by atoms with E-state index in [1.165, 1.54) is 44.2 Å². The fourth-order valence-electron chi connectivity index (χ4n) is 6.75. The predicted molar refractivity (Wildman–Crippen MR) is 94.2 cm³/mol. The average molecular weight is 316 g/mol. The molecule has 2 N–H and O–H groups in total. The molecule has 23 heavy (non-hydrogen) atoms. The second-order valence-corrected chi connectivity index (χ2v) is 8.93. The van der Waals surface area contributed by atoms with Crippen molar-refractivity contribution in [3.05, 3.63) is 11.6 Å². The summed E-state index contributed by atoms with van der Waals surface area (Å²) in [5, 5.41) is 14.7. The summed E-state index contributed by atoms with van der Waals surface area (Å²) < 4.78 is 0. The number of nitrogens with zero attached hydrogens (tertiary/aromatic N) is 1. The minimum atomic E-state index is -0.0967. The molecule has 0 aromatic heterocycles. The summed E-state index contributed by atoms with van der Waals surface area (Å²) in [5.41, 5.74) is 6.71. The Labute approximate surface area is 140 Å². The van der Waals surface area contributed by atoms with Crippen molar-refractivity contribution >= 4 is 5.71 Å². The van der Waals surface area contributed by atoms with Gasteiger partial charge in [0.15, 0.2) is 0 Å². The summed E-state index contributed by atoms with van der Waals surface area (Å²) in [5.74, 6) is 2.44. The van der Waals surface area contributed by atoms with Crippen molar-refractivity contribution < 1.29 is 5.11 Å². The van der Waals surface area contributed by atoms with Gasteiger partial charge in [-0.2, -0.15) is 5.10 Å². The van der Waals surface area contributed by atoms with Gasteiger partial charge < -0.3 is 10.5 Å². The quantitative estimate of drug-likeness (QED) is 0.569.